The molecule has 0 amide bonds. The minimum atomic E-state index is -1.34. The molecule has 1 heterocycles. The van der Waals surface area contributed by atoms with Crippen LogP contribution in [-0.4, -0.2) is 16.5 Å². The van der Waals surface area contributed by atoms with Crippen LogP contribution in [0.2, 0.25) is 0 Å². The first-order chi connectivity index (χ1) is 9.92. The highest BCUT2D eigenvalue weighted by Crippen LogP contribution is 2.28. The Morgan fingerprint density at radius 1 is 1.14 bits per heavy atom. The molecule has 0 aliphatic carbocycles. The van der Waals surface area contributed by atoms with Crippen LogP contribution in [0.15, 0.2) is 24.3 Å². The Morgan fingerprint density at radius 2 is 1.81 bits per heavy atom. The smallest absolute Gasteiger partial charge is 0.275 e. The molecule has 5 nitrogen and oxygen atoms in total. The van der Waals surface area contributed by atoms with Gasteiger partial charge in [-0.15, -0.1) is 0 Å². The molecular weight excluding hydrogens is 287 g/mol. The highest BCUT2D eigenvalue weighted by atomic mass is 19.2. The van der Waals surface area contributed by atoms with Gasteiger partial charge in [-0.05, 0) is 13.0 Å². The molecule has 1 aromatic carbocycles. The summed E-state index contributed by atoms with van der Waals surface area (Å²) in [6.07, 6.45) is 0. The van der Waals surface area contributed by atoms with Gasteiger partial charge in [0.05, 0.1) is 16.7 Å². The third kappa shape index (κ3) is 3.10. The lowest BCUT2D eigenvalue weighted by Crippen LogP contribution is -2.02. The maximum atomic E-state index is 13.7. The van der Waals surface area contributed by atoms with E-state index in [1.54, 1.807) is 6.92 Å². The van der Waals surface area contributed by atoms with Gasteiger partial charge in [-0.25, -0.2) is 18.2 Å². The van der Waals surface area contributed by atoms with Gasteiger partial charge in [-0.1, -0.05) is 0 Å². The second-order valence-electron chi connectivity index (χ2n) is 4.13. The number of benzene rings is 1. The van der Waals surface area contributed by atoms with E-state index in [-0.39, 0.29) is 22.8 Å². The molecule has 0 bridgehead atoms. The Bertz CT molecular complexity index is 707. The standard InChI is InChI=1S/C13H10F3N3O2/c1-2-17-13-4-7(19(20)21)3-12(18-13)8-5-10(15)11(16)6-9(8)14/h3-6H,2H2,1H3,(H,17,18). The van der Waals surface area contributed by atoms with E-state index >= 15 is 0 Å². The molecule has 0 saturated heterocycles. The molecule has 1 aromatic heterocycles. The van der Waals surface area contributed by atoms with Gasteiger partial charge in [-0.2, -0.15) is 0 Å². The molecule has 2 aromatic rings. The monoisotopic (exact) mass is 297 g/mol. The van der Waals surface area contributed by atoms with Gasteiger partial charge >= 0.3 is 0 Å². The van der Waals surface area contributed by atoms with Crippen molar-refractivity contribution in [3.63, 3.8) is 0 Å². The fraction of sp³-hybridized carbons (Fsp3) is 0.154. The summed E-state index contributed by atoms with van der Waals surface area (Å²) in [6, 6.07) is 3.16. The van der Waals surface area contributed by atoms with Crippen molar-refractivity contribution in [2.24, 2.45) is 0 Å². The third-order valence-corrected chi connectivity index (χ3v) is 2.66. The number of hydrogen-bond acceptors (Lipinski definition) is 4. The quantitative estimate of drug-likeness (QED) is 0.532. The molecule has 0 aliphatic rings. The molecule has 0 saturated carbocycles. The minimum Gasteiger partial charge on any atom is -0.370 e. The number of pyridine rings is 1. The lowest BCUT2D eigenvalue weighted by atomic mass is 10.1. The van der Waals surface area contributed by atoms with E-state index in [4.69, 9.17) is 0 Å². The second-order valence-corrected chi connectivity index (χ2v) is 4.13. The Hall–Kier alpha value is -2.64. The molecule has 8 heteroatoms. The first-order valence-corrected chi connectivity index (χ1v) is 5.97. The highest BCUT2D eigenvalue weighted by molar-refractivity contribution is 5.66. The average Bonchev–Trinajstić information content (AvgIpc) is 2.42. The molecule has 21 heavy (non-hydrogen) atoms. The number of nitro groups is 1. The average molecular weight is 297 g/mol. The molecule has 0 radical (unpaired) electrons. The van der Waals surface area contributed by atoms with Crippen LogP contribution in [-0.2, 0) is 0 Å². The summed E-state index contributed by atoms with van der Waals surface area (Å²) in [6.45, 7) is 2.19. The van der Waals surface area contributed by atoms with Crippen molar-refractivity contribution in [2.45, 2.75) is 6.92 Å². The number of halogens is 3. The van der Waals surface area contributed by atoms with Crippen molar-refractivity contribution >= 4 is 11.5 Å². The topological polar surface area (TPSA) is 68.1 Å². The van der Waals surface area contributed by atoms with E-state index in [1.807, 2.05) is 0 Å². The van der Waals surface area contributed by atoms with Crippen molar-refractivity contribution in [3.8, 4) is 11.3 Å². The minimum absolute atomic E-state index is 0.144. The molecule has 1 N–H and O–H groups in total. The predicted molar refractivity (Wildman–Crippen MR) is 70.4 cm³/mol. The van der Waals surface area contributed by atoms with Crippen LogP contribution in [0.25, 0.3) is 11.3 Å². The van der Waals surface area contributed by atoms with Gasteiger partial charge in [0, 0.05) is 24.2 Å². The van der Waals surface area contributed by atoms with Crippen LogP contribution in [0.3, 0.4) is 0 Å². The first-order valence-electron chi connectivity index (χ1n) is 5.97. The lowest BCUT2D eigenvalue weighted by molar-refractivity contribution is -0.384. The van der Waals surface area contributed by atoms with Gasteiger partial charge in [0.2, 0.25) is 0 Å². The fourth-order valence-corrected chi connectivity index (χ4v) is 1.75. The number of aromatic nitrogens is 1. The van der Waals surface area contributed by atoms with Gasteiger partial charge < -0.3 is 5.32 Å². The van der Waals surface area contributed by atoms with Crippen LogP contribution in [0, 0.1) is 27.6 Å². The molecule has 0 spiro atoms. The fourth-order valence-electron chi connectivity index (χ4n) is 1.75. The van der Waals surface area contributed by atoms with Crippen molar-refractivity contribution < 1.29 is 18.1 Å². The number of nitrogens with one attached hydrogen (secondary N) is 1. The summed E-state index contributed by atoms with van der Waals surface area (Å²) < 4.78 is 39.9. The van der Waals surface area contributed by atoms with E-state index in [9.17, 15) is 23.3 Å². The molecule has 0 atom stereocenters. The van der Waals surface area contributed by atoms with Crippen molar-refractivity contribution in [1.29, 1.82) is 0 Å². The first kappa shape index (κ1) is 14.8. The zero-order valence-corrected chi connectivity index (χ0v) is 10.9. The van der Waals surface area contributed by atoms with Gasteiger partial charge in [0.25, 0.3) is 5.69 Å². The Morgan fingerprint density at radius 3 is 2.43 bits per heavy atom. The van der Waals surface area contributed by atoms with E-state index in [0.717, 1.165) is 6.07 Å². The van der Waals surface area contributed by atoms with Gasteiger partial charge in [0.15, 0.2) is 11.6 Å². The SMILES string of the molecule is CCNc1cc([N+](=O)[O-])cc(-c2cc(F)c(F)cc2F)n1. The molecule has 110 valence electrons. The molecular formula is C13H10F3N3O2. The Kier molecular flexibility index (Phi) is 4.06. The van der Waals surface area contributed by atoms with Gasteiger partial charge in [-0.3, -0.25) is 10.1 Å². The Balaban J connectivity index is 2.62. The molecule has 0 fully saturated rings. The predicted octanol–water partition coefficient (Wildman–Crippen LogP) is 3.51. The maximum absolute atomic E-state index is 13.7. The van der Waals surface area contributed by atoms with E-state index in [2.05, 4.69) is 10.3 Å². The number of hydrogen-bond donors (Lipinski definition) is 1. The zero-order valence-electron chi connectivity index (χ0n) is 10.9. The van der Waals surface area contributed by atoms with Crippen LogP contribution < -0.4 is 5.32 Å². The summed E-state index contributed by atoms with van der Waals surface area (Å²) in [7, 11) is 0. The van der Waals surface area contributed by atoms with Crippen molar-refractivity contribution in [3.05, 3.63) is 51.8 Å². The molecule has 2 rings (SSSR count). The summed E-state index contributed by atoms with van der Waals surface area (Å²) in [5, 5.41) is 13.6. The summed E-state index contributed by atoms with van der Waals surface area (Å²) >= 11 is 0. The van der Waals surface area contributed by atoms with Crippen LogP contribution >= 0.6 is 0 Å². The largest absolute Gasteiger partial charge is 0.370 e. The summed E-state index contributed by atoms with van der Waals surface area (Å²) in [5.41, 5.74) is -0.839. The highest BCUT2D eigenvalue weighted by Gasteiger charge is 2.17. The number of nitrogens with zero attached hydrogens (tertiary/aromatic N) is 2. The van der Waals surface area contributed by atoms with E-state index in [1.165, 1.54) is 6.07 Å². The van der Waals surface area contributed by atoms with Crippen LogP contribution in [0.5, 0.6) is 0 Å². The van der Waals surface area contributed by atoms with Gasteiger partial charge in [0.1, 0.15) is 11.6 Å². The summed E-state index contributed by atoms with van der Waals surface area (Å²) in [4.78, 5) is 14.2. The molecule has 0 aliphatic heterocycles. The molecule has 0 unspecified atom stereocenters. The number of anilines is 1. The summed E-state index contributed by atoms with van der Waals surface area (Å²) in [5.74, 6) is -3.51. The van der Waals surface area contributed by atoms with Crippen molar-refractivity contribution in [1.82, 2.24) is 4.98 Å². The van der Waals surface area contributed by atoms with E-state index < -0.39 is 22.4 Å². The third-order valence-electron chi connectivity index (χ3n) is 2.66. The van der Waals surface area contributed by atoms with Crippen molar-refractivity contribution in [2.75, 3.05) is 11.9 Å². The Labute approximate surface area is 117 Å². The van der Waals surface area contributed by atoms with Crippen LogP contribution in [0.4, 0.5) is 24.7 Å². The van der Waals surface area contributed by atoms with Crippen LogP contribution in [0.1, 0.15) is 6.92 Å². The second kappa shape index (κ2) is 5.78. The van der Waals surface area contributed by atoms with E-state index in [0.29, 0.717) is 18.7 Å². The number of rotatable bonds is 4. The maximum Gasteiger partial charge on any atom is 0.275 e. The normalized spacial score (nSPS) is 10.5. The lowest BCUT2D eigenvalue weighted by Gasteiger charge is -2.07. The zero-order chi connectivity index (χ0) is 15.6.